The summed E-state index contributed by atoms with van der Waals surface area (Å²) in [4.78, 5) is 18.5. The molecule has 1 saturated heterocycles. The molecule has 1 aliphatic rings. The number of anilines is 2. The van der Waals surface area contributed by atoms with Crippen LogP contribution in [0.15, 0.2) is 42.6 Å². The van der Waals surface area contributed by atoms with Crippen LogP contribution in [0.5, 0.6) is 0 Å². The first-order valence-corrected chi connectivity index (χ1v) is 7.71. The molecule has 0 radical (unpaired) electrons. The third-order valence-corrected chi connectivity index (χ3v) is 3.82. The summed E-state index contributed by atoms with van der Waals surface area (Å²) < 4.78 is 42.9. The lowest BCUT2D eigenvalue weighted by atomic mass is 10.2. The molecule has 3 rings (SSSR count). The van der Waals surface area contributed by atoms with Crippen LogP contribution in [0.2, 0.25) is 0 Å². The molecule has 2 heterocycles. The zero-order valence-electron chi connectivity index (χ0n) is 13.2. The quantitative estimate of drug-likeness (QED) is 0.923. The number of halogens is 3. The maximum atomic E-state index is 12.5. The van der Waals surface area contributed by atoms with E-state index in [-0.39, 0.29) is 5.69 Å². The molecule has 1 aromatic carbocycles. The number of nitrogens with one attached hydrogen (secondary N) is 1. The van der Waals surface area contributed by atoms with E-state index in [1.807, 2.05) is 0 Å². The van der Waals surface area contributed by atoms with Crippen molar-refractivity contribution in [1.82, 2.24) is 4.98 Å². The fourth-order valence-corrected chi connectivity index (χ4v) is 2.45. The molecule has 2 aromatic rings. The molecule has 0 unspecified atom stereocenters. The van der Waals surface area contributed by atoms with Gasteiger partial charge in [-0.2, -0.15) is 13.2 Å². The number of pyridine rings is 1. The molecule has 1 N–H and O–H groups in total. The van der Waals surface area contributed by atoms with Crippen molar-refractivity contribution in [3.8, 4) is 0 Å². The topological polar surface area (TPSA) is 54.5 Å². The van der Waals surface area contributed by atoms with Gasteiger partial charge in [-0.15, -0.1) is 0 Å². The van der Waals surface area contributed by atoms with Gasteiger partial charge in [0, 0.05) is 25.0 Å². The number of morpholine rings is 1. The lowest BCUT2D eigenvalue weighted by Gasteiger charge is -2.27. The number of aromatic nitrogens is 1. The van der Waals surface area contributed by atoms with Crippen molar-refractivity contribution < 1.29 is 22.7 Å². The molecule has 0 aliphatic carbocycles. The Kier molecular flexibility index (Phi) is 4.89. The number of hydrogen-bond acceptors (Lipinski definition) is 4. The van der Waals surface area contributed by atoms with Crippen molar-refractivity contribution in [3.05, 3.63) is 53.7 Å². The average Bonchev–Trinajstić information content (AvgIpc) is 2.62. The molecule has 5 nitrogen and oxygen atoms in total. The molecule has 132 valence electrons. The smallest absolute Gasteiger partial charge is 0.378 e. The van der Waals surface area contributed by atoms with E-state index in [9.17, 15) is 18.0 Å². The van der Waals surface area contributed by atoms with E-state index in [1.54, 1.807) is 12.1 Å². The number of carbonyl (C=O) groups excluding carboxylic acids is 1. The first-order chi connectivity index (χ1) is 11.9. The fraction of sp³-hybridized carbons (Fsp3) is 0.294. The van der Waals surface area contributed by atoms with E-state index >= 15 is 0 Å². The molecule has 0 atom stereocenters. The Bertz CT molecular complexity index is 724. The lowest BCUT2D eigenvalue weighted by Crippen LogP contribution is -2.36. The molecule has 0 spiro atoms. The number of nitrogens with zero attached hydrogens (tertiary/aromatic N) is 2. The van der Waals surface area contributed by atoms with Gasteiger partial charge in [-0.3, -0.25) is 4.79 Å². The Balaban J connectivity index is 1.64. The van der Waals surface area contributed by atoms with Gasteiger partial charge in [0.2, 0.25) is 0 Å². The summed E-state index contributed by atoms with van der Waals surface area (Å²) >= 11 is 0. The SMILES string of the molecule is O=C(Nc1ccc(C(F)(F)F)cc1)c1ccc(N2CCOCC2)nc1. The summed E-state index contributed by atoms with van der Waals surface area (Å²) in [7, 11) is 0. The molecule has 1 fully saturated rings. The Hall–Kier alpha value is -2.61. The number of carbonyl (C=O) groups is 1. The van der Waals surface area contributed by atoms with E-state index in [1.165, 1.54) is 18.3 Å². The fourth-order valence-electron chi connectivity index (χ4n) is 2.45. The van der Waals surface area contributed by atoms with Gasteiger partial charge in [-0.25, -0.2) is 4.98 Å². The van der Waals surface area contributed by atoms with Crippen molar-refractivity contribution in [2.24, 2.45) is 0 Å². The van der Waals surface area contributed by atoms with Crippen LogP contribution in [0.25, 0.3) is 0 Å². The van der Waals surface area contributed by atoms with Gasteiger partial charge in [-0.1, -0.05) is 0 Å². The van der Waals surface area contributed by atoms with Crippen molar-refractivity contribution in [3.63, 3.8) is 0 Å². The van der Waals surface area contributed by atoms with Gasteiger partial charge >= 0.3 is 6.18 Å². The highest BCUT2D eigenvalue weighted by Crippen LogP contribution is 2.29. The summed E-state index contributed by atoms with van der Waals surface area (Å²) in [6.07, 6.45) is -2.95. The first-order valence-electron chi connectivity index (χ1n) is 7.71. The van der Waals surface area contributed by atoms with Crippen LogP contribution in [0.4, 0.5) is 24.7 Å². The van der Waals surface area contributed by atoms with E-state index in [2.05, 4.69) is 15.2 Å². The predicted molar refractivity (Wildman–Crippen MR) is 86.7 cm³/mol. The summed E-state index contributed by atoms with van der Waals surface area (Å²) in [5.74, 6) is 0.329. The lowest BCUT2D eigenvalue weighted by molar-refractivity contribution is -0.137. The summed E-state index contributed by atoms with van der Waals surface area (Å²) in [6, 6.07) is 7.67. The molecule has 0 saturated carbocycles. The van der Waals surface area contributed by atoms with Gasteiger partial charge in [0.15, 0.2) is 0 Å². The molecular formula is C17H16F3N3O2. The maximum absolute atomic E-state index is 12.5. The van der Waals surface area contributed by atoms with Crippen LogP contribution in [0.3, 0.4) is 0 Å². The second kappa shape index (κ2) is 7.10. The van der Waals surface area contributed by atoms with Crippen LogP contribution in [0, 0.1) is 0 Å². The van der Waals surface area contributed by atoms with Crippen LogP contribution in [-0.4, -0.2) is 37.2 Å². The van der Waals surface area contributed by atoms with Crippen LogP contribution < -0.4 is 10.2 Å². The highest BCUT2D eigenvalue weighted by Gasteiger charge is 2.30. The second-order valence-corrected chi connectivity index (χ2v) is 5.53. The highest BCUT2D eigenvalue weighted by molar-refractivity contribution is 6.04. The minimum absolute atomic E-state index is 0.287. The zero-order chi connectivity index (χ0) is 17.9. The molecule has 1 aromatic heterocycles. The Labute approximate surface area is 142 Å². The van der Waals surface area contributed by atoms with E-state index in [0.29, 0.717) is 18.8 Å². The largest absolute Gasteiger partial charge is 0.416 e. The van der Waals surface area contributed by atoms with E-state index < -0.39 is 17.6 Å². The van der Waals surface area contributed by atoms with Gasteiger partial charge < -0.3 is 15.0 Å². The van der Waals surface area contributed by atoms with Crippen molar-refractivity contribution in [2.75, 3.05) is 36.5 Å². The number of benzene rings is 1. The van der Waals surface area contributed by atoms with Crippen molar-refractivity contribution in [1.29, 1.82) is 0 Å². The normalized spacial score (nSPS) is 15.1. The number of hydrogen-bond donors (Lipinski definition) is 1. The molecular weight excluding hydrogens is 335 g/mol. The molecule has 1 aliphatic heterocycles. The first kappa shape index (κ1) is 17.2. The van der Waals surface area contributed by atoms with Gasteiger partial charge in [0.1, 0.15) is 5.82 Å². The second-order valence-electron chi connectivity index (χ2n) is 5.53. The minimum Gasteiger partial charge on any atom is -0.378 e. The minimum atomic E-state index is -4.40. The third-order valence-electron chi connectivity index (χ3n) is 3.82. The maximum Gasteiger partial charge on any atom is 0.416 e. The van der Waals surface area contributed by atoms with E-state index in [0.717, 1.165) is 31.0 Å². The zero-order valence-corrected chi connectivity index (χ0v) is 13.2. The molecule has 25 heavy (non-hydrogen) atoms. The number of ether oxygens (including phenoxy) is 1. The Morgan fingerprint density at radius 2 is 1.76 bits per heavy atom. The number of amides is 1. The van der Waals surface area contributed by atoms with Crippen LogP contribution >= 0.6 is 0 Å². The van der Waals surface area contributed by atoms with E-state index in [4.69, 9.17) is 4.74 Å². The highest BCUT2D eigenvalue weighted by atomic mass is 19.4. The number of alkyl halides is 3. The monoisotopic (exact) mass is 351 g/mol. The average molecular weight is 351 g/mol. The summed E-state index contributed by atoms with van der Waals surface area (Å²) in [5.41, 5.74) is -0.144. The summed E-state index contributed by atoms with van der Waals surface area (Å²) in [6.45, 7) is 2.75. The molecule has 1 amide bonds. The van der Waals surface area contributed by atoms with Crippen molar-refractivity contribution in [2.45, 2.75) is 6.18 Å². The van der Waals surface area contributed by atoms with Gasteiger partial charge in [0.05, 0.1) is 24.3 Å². The summed E-state index contributed by atoms with van der Waals surface area (Å²) in [5, 5.41) is 2.56. The third kappa shape index (κ3) is 4.27. The molecule has 8 heteroatoms. The Morgan fingerprint density at radius 1 is 1.08 bits per heavy atom. The number of rotatable bonds is 3. The van der Waals surface area contributed by atoms with Gasteiger partial charge in [0.25, 0.3) is 5.91 Å². The standard InChI is InChI=1S/C17H16F3N3O2/c18-17(19,20)13-2-4-14(5-3-13)22-16(24)12-1-6-15(21-11-12)23-7-9-25-10-8-23/h1-6,11H,7-10H2,(H,22,24). The molecule has 0 bridgehead atoms. The Morgan fingerprint density at radius 3 is 2.32 bits per heavy atom. The van der Waals surface area contributed by atoms with Crippen molar-refractivity contribution >= 4 is 17.4 Å². The van der Waals surface area contributed by atoms with Crippen LogP contribution in [-0.2, 0) is 10.9 Å². The predicted octanol–water partition coefficient (Wildman–Crippen LogP) is 3.19. The van der Waals surface area contributed by atoms with Crippen LogP contribution in [0.1, 0.15) is 15.9 Å². The van der Waals surface area contributed by atoms with Gasteiger partial charge in [-0.05, 0) is 36.4 Å².